The van der Waals surface area contributed by atoms with E-state index in [1.807, 2.05) is 25.1 Å². The Morgan fingerprint density at radius 2 is 2.12 bits per heavy atom. The summed E-state index contributed by atoms with van der Waals surface area (Å²) in [5.41, 5.74) is 7.59. The first-order chi connectivity index (χ1) is 8.17. The van der Waals surface area contributed by atoms with Gasteiger partial charge in [0.2, 0.25) is 0 Å². The highest BCUT2D eigenvalue weighted by Gasteiger charge is 2.07. The number of nitrogens with two attached hydrogens (primary N) is 1. The van der Waals surface area contributed by atoms with Crippen molar-refractivity contribution in [1.29, 1.82) is 0 Å². The maximum absolute atomic E-state index is 6.15. The van der Waals surface area contributed by atoms with Crippen LogP contribution in [0.2, 0.25) is 5.02 Å². The fraction of sp³-hybridized carbons (Fsp3) is 0.538. The summed E-state index contributed by atoms with van der Waals surface area (Å²) >= 11 is 6.15. The standard InChI is InChI=1S/C13H21ClN2O/c1-3-16(7-8-17-4-2)10-11-9-12(15)5-6-13(11)14/h5-6,9H,3-4,7-8,10,15H2,1-2H3. The average molecular weight is 257 g/mol. The lowest BCUT2D eigenvalue weighted by molar-refractivity contribution is 0.113. The van der Waals surface area contributed by atoms with E-state index in [1.165, 1.54) is 0 Å². The molecule has 1 aromatic rings. The summed E-state index contributed by atoms with van der Waals surface area (Å²) in [7, 11) is 0. The summed E-state index contributed by atoms with van der Waals surface area (Å²) in [6.07, 6.45) is 0. The van der Waals surface area contributed by atoms with Gasteiger partial charge in [-0.25, -0.2) is 0 Å². The maximum Gasteiger partial charge on any atom is 0.0593 e. The van der Waals surface area contributed by atoms with E-state index in [0.717, 1.165) is 49.1 Å². The Kier molecular flexibility index (Phi) is 6.34. The van der Waals surface area contributed by atoms with Gasteiger partial charge in [-0.3, -0.25) is 4.90 Å². The summed E-state index contributed by atoms with van der Waals surface area (Å²) in [6.45, 7) is 8.35. The van der Waals surface area contributed by atoms with Crippen molar-refractivity contribution in [1.82, 2.24) is 4.90 Å². The lowest BCUT2D eigenvalue weighted by Gasteiger charge is -2.21. The van der Waals surface area contributed by atoms with Crippen LogP contribution in [-0.4, -0.2) is 31.2 Å². The molecule has 0 atom stereocenters. The van der Waals surface area contributed by atoms with E-state index >= 15 is 0 Å². The van der Waals surface area contributed by atoms with Gasteiger partial charge in [-0.05, 0) is 37.2 Å². The van der Waals surface area contributed by atoms with Crippen LogP contribution in [0.15, 0.2) is 18.2 Å². The maximum atomic E-state index is 6.15. The third-order valence-corrected chi connectivity index (χ3v) is 3.04. The molecule has 2 N–H and O–H groups in total. The SMILES string of the molecule is CCOCCN(CC)Cc1cc(N)ccc1Cl. The van der Waals surface area contributed by atoms with Gasteiger partial charge in [-0.15, -0.1) is 0 Å². The molecule has 0 aromatic heterocycles. The smallest absolute Gasteiger partial charge is 0.0593 e. The van der Waals surface area contributed by atoms with Gasteiger partial charge in [0.15, 0.2) is 0 Å². The monoisotopic (exact) mass is 256 g/mol. The summed E-state index contributed by atoms with van der Waals surface area (Å²) < 4.78 is 5.36. The van der Waals surface area contributed by atoms with E-state index in [4.69, 9.17) is 22.1 Å². The molecule has 0 heterocycles. The van der Waals surface area contributed by atoms with Gasteiger partial charge >= 0.3 is 0 Å². The molecule has 1 rings (SSSR count). The molecule has 1 aromatic carbocycles. The van der Waals surface area contributed by atoms with E-state index in [1.54, 1.807) is 0 Å². The van der Waals surface area contributed by atoms with E-state index in [9.17, 15) is 0 Å². The van der Waals surface area contributed by atoms with Crippen molar-refractivity contribution in [3.05, 3.63) is 28.8 Å². The average Bonchev–Trinajstić information content (AvgIpc) is 2.32. The Labute approximate surface area is 109 Å². The molecule has 0 saturated heterocycles. The Morgan fingerprint density at radius 1 is 1.35 bits per heavy atom. The van der Waals surface area contributed by atoms with Crippen molar-refractivity contribution in [3.63, 3.8) is 0 Å². The number of nitrogens with zero attached hydrogens (tertiary/aromatic N) is 1. The second-order valence-electron chi connectivity index (χ2n) is 3.92. The van der Waals surface area contributed by atoms with Crippen LogP contribution in [0.5, 0.6) is 0 Å². The summed E-state index contributed by atoms with van der Waals surface area (Å²) in [5.74, 6) is 0. The van der Waals surface area contributed by atoms with E-state index in [2.05, 4.69) is 11.8 Å². The molecule has 0 amide bonds. The van der Waals surface area contributed by atoms with Crippen molar-refractivity contribution in [2.75, 3.05) is 32.0 Å². The van der Waals surface area contributed by atoms with E-state index in [-0.39, 0.29) is 0 Å². The number of hydrogen-bond acceptors (Lipinski definition) is 3. The molecular weight excluding hydrogens is 236 g/mol. The van der Waals surface area contributed by atoms with Crippen LogP contribution >= 0.6 is 11.6 Å². The number of rotatable bonds is 7. The highest BCUT2D eigenvalue weighted by molar-refractivity contribution is 6.31. The van der Waals surface area contributed by atoms with Crippen LogP contribution < -0.4 is 5.73 Å². The first kappa shape index (κ1) is 14.3. The second kappa shape index (κ2) is 7.54. The minimum Gasteiger partial charge on any atom is -0.399 e. The molecule has 0 unspecified atom stereocenters. The Hall–Kier alpha value is -0.770. The number of nitrogen functional groups attached to an aromatic ring is 1. The Balaban J connectivity index is 2.57. The molecule has 17 heavy (non-hydrogen) atoms. The topological polar surface area (TPSA) is 38.5 Å². The van der Waals surface area contributed by atoms with Crippen molar-refractivity contribution in [2.24, 2.45) is 0 Å². The molecule has 4 heteroatoms. The molecule has 0 bridgehead atoms. The largest absolute Gasteiger partial charge is 0.399 e. The van der Waals surface area contributed by atoms with Gasteiger partial charge in [0, 0.05) is 30.4 Å². The van der Waals surface area contributed by atoms with Gasteiger partial charge in [-0.1, -0.05) is 18.5 Å². The molecular formula is C13H21ClN2O. The third kappa shape index (κ3) is 4.94. The van der Waals surface area contributed by atoms with E-state index < -0.39 is 0 Å². The fourth-order valence-corrected chi connectivity index (χ4v) is 1.82. The zero-order valence-corrected chi connectivity index (χ0v) is 11.3. The second-order valence-corrected chi connectivity index (χ2v) is 4.32. The molecule has 0 aliphatic carbocycles. The minimum atomic E-state index is 0.754. The van der Waals surface area contributed by atoms with Crippen LogP contribution in [0.1, 0.15) is 19.4 Å². The predicted octanol–water partition coefficient (Wildman–Crippen LogP) is 2.78. The van der Waals surface area contributed by atoms with Crippen LogP contribution in [0.4, 0.5) is 5.69 Å². The van der Waals surface area contributed by atoms with Gasteiger partial charge < -0.3 is 10.5 Å². The number of benzene rings is 1. The Morgan fingerprint density at radius 3 is 2.76 bits per heavy atom. The number of halogens is 1. The van der Waals surface area contributed by atoms with Crippen LogP contribution in [0, 0.1) is 0 Å². The zero-order valence-electron chi connectivity index (χ0n) is 10.6. The number of hydrogen-bond donors (Lipinski definition) is 1. The minimum absolute atomic E-state index is 0.754. The van der Waals surface area contributed by atoms with Gasteiger partial charge in [0.25, 0.3) is 0 Å². The molecule has 0 fully saturated rings. The number of anilines is 1. The molecule has 96 valence electrons. The zero-order chi connectivity index (χ0) is 12.7. The molecule has 0 aliphatic rings. The number of ether oxygens (including phenoxy) is 1. The third-order valence-electron chi connectivity index (χ3n) is 2.67. The fourth-order valence-electron chi connectivity index (χ4n) is 1.64. The predicted molar refractivity (Wildman–Crippen MR) is 73.3 cm³/mol. The van der Waals surface area contributed by atoms with E-state index in [0.29, 0.717) is 0 Å². The number of likely N-dealkylation sites (N-methyl/N-ethyl adjacent to an activating group) is 1. The lowest BCUT2D eigenvalue weighted by Crippen LogP contribution is -2.27. The molecule has 0 radical (unpaired) electrons. The van der Waals surface area contributed by atoms with Gasteiger partial charge in [0.05, 0.1) is 6.61 Å². The van der Waals surface area contributed by atoms with Crippen LogP contribution in [0.3, 0.4) is 0 Å². The van der Waals surface area contributed by atoms with Gasteiger partial charge in [-0.2, -0.15) is 0 Å². The molecule has 0 aliphatic heterocycles. The summed E-state index contributed by atoms with van der Waals surface area (Å²) in [6, 6.07) is 5.61. The van der Waals surface area contributed by atoms with Gasteiger partial charge in [0.1, 0.15) is 0 Å². The molecule has 3 nitrogen and oxygen atoms in total. The van der Waals surface area contributed by atoms with Crippen molar-refractivity contribution >= 4 is 17.3 Å². The Bertz CT molecular complexity index is 344. The molecule has 0 spiro atoms. The van der Waals surface area contributed by atoms with Crippen molar-refractivity contribution in [2.45, 2.75) is 20.4 Å². The van der Waals surface area contributed by atoms with Crippen LogP contribution in [-0.2, 0) is 11.3 Å². The molecule has 0 saturated carbocycles. The lowest BCUT2D eigenvalue weighted by atomic mass is 10.2. The highest BCUT2D eigenvalue weighted by atomic mass is 35.5. The highest BCUT2D eigenvalue weighted by Crippen LogP contribution is 2.20. The first-order valence-electron chi connectivity index (χ1n) is 6.01. The van der Waals surface area contributed by atoms with Crippen molar-refractivity contribution in [3.8, 4) is 0 Å². The first-order valence-corrected chi connectivity index (χ1v) is 6.39. The summed E-state index contributed by atoms with van der Waals surface area (Å²) in [4.78, 5) is 2.29. The summed E-state index contributed by atoms with van der Waals surface area (Å²) in [5, 5.41) is 0.772. The van der Waals surface area contributed by atoms with Crippen molar-refractivity contribution < 1.29 is 4.74 Å². The normalized spacial score (nSPS) is 11.1. The quantitative estimate of drug-likeness (QED) is 0.602. The van der Waals surface area contributed by atoms with Crippen LogP contribution in [0.25, 0.3) is 0 Å².